The third-order valence-corrected chi connectivity index (χ3v) is 2.19. The Hall–Kier alpha value is -0.610. The van der Waals surface area contributed by atoms with Crippen LogP contribution in [-0.2, 0) is 4.79 Å². The third-order valence-electron chi connectivity index (χ3n) is 2.19. The number of rotatable bonds is 3. The monoisotopic (exact) mass is 157 g/mol. The molecule has 1 aliphatic heterocycles. The Labute approximate surface area is 66.5 Å². The van der Waals surface area contributed by atoms with Gasteiger partial charge in [0.15, 0.2) is 0 Å². The van der Waals surface area contributed by atoms with Crippen LogP contribution in [0.2, 0.25) is 0 Å². The van der Waals surface area contributed by atoms with E-state index < -0.39 is 0 Å². The molecular weight excluding hydrogens is 142 g/mol. The van der Waals surface area contributed by atoms with Gasteiger partial charge in [-0.3, -0.25) is 4.79 Å². The van der Waals surface area contributed by atoms with E-state index in [4.69, 9.17) is 11.5 Å². The first-order valence-electron chi connectivity index (χ1n) is 3.75. The Morgan fingerprint density at radius 2 is 2.18 bits per heavy atom. The molecule has 64 valence electrons. The van der Waals surface area contributed by atoms with Crippen molar-refractivity contribution in [3.63, 3.8) is 0 Å². The Morgan fingerprint density at radius 3 is 2.45 bits per heavy atom. The van der Waals surface area contributed by atoms with Gasteiger partial charge in [-0.15, -0.1) is 0 Å². The van der Waals surface area contributed by atoms with Crippen molar-refractivity contribution in [1.29, 1.82) is 0 Å². The van der Waals surface area contributed by atoms with Gasteiger partial charge in [-0.05, 0) is 7.05 Å². The van der Waals surface area contributed by atoms with Gasteiger partial charge in [-0.1, -0.05) is 0 Å². The number of likely N-dealkylation sites (tertiary alicyclic amines) is 1. The summed E-state index contributed by atoms with van der Waals surface area (Å²) >= 11 is 0. The molecule has 1 aliphatic rings. The maximum atomic E-state index is 10.6. The molecule has 1 amide bonds. The van der Waals surface area contributed by atoms with Gasteiger partial charge in [0.25, 0.3) is 0 Å². The van der Waals surface area contributed by atoms with Crippen molar-refractivity contribution in [1.82, 2.24) is 4.90 Å². The van der Waals surface area contributed by atoms with Gasteiger partial charge in [-0.2, -0.15) is 0 Å². The van der Waals surface area contributed by atoms with E-state index in [0.717, 1.165) is 13.1 Å². The van der Waals surface area contributed by atoms with Crippen molar-refractivity contribution in [3.8, 4) is 0 Å². The Balaban J connectivity index is 2.44. The summed E-state index contributed by atoms with van der Waals surface area (Å²) in [5.74, 6) is -0.247. The van der Waals surface area contributed by atoms with E-state index in [-0.39, 0.29) is 11.3 Å². The largest absolute Gasteiger partial charge is 0.370 e. The summed E-state index contributed by atoms with van der Waals surface area (Å²) in [5, 5.41) is 0. The highest BCUT2D eigenvalue weighted by molar-refractivity contribution is 5.74. The molecule has 1 heterocycles. The second-order valence-electron chi connectivity index (χ2n) is 3.52. The summed E-state index contributed by atoms with van der Waals surface area (Å²) in [6.07, 6.45) is 0.424. The highest BCUT2D eigenvalue weighted by Gasteiger charge is 2.40. The lowest BCUT2D eigenvalue weighted by atomic mass is 9.77. The van der Waals surface area contributed by atoms with Gasteiger partial charge in [-0.25, -0.2) is 0 Å². The maximum Gasteiger partial charge on any atom is 0.218 e. The SMILES string of the molecule is CN1CC(CN)(CC(N)=O)C1. The van der Waals surface area contributed by atoms with E-state index in [2.05, 4.69) is 4.90 Å². The van der Waals surface area contributed by atoms with E-state index in [1.165, 1.54) is 0 Å². The molecule has 4 N–H and O–H groups in total. The minimum atomic E-state index is -0.247. The fourth-order valence-electron chi connectivity index (χ4n) is 1.78. The van der Waals surface area contributed by atoms with E-state index in [9.17, 15) is 4.79 Å². The van der Waals surface area contributed by atoms with E-state index >= 15 is 0 Å². The normalized spacial score (nSPS) is 22.7. The quantitative estimate of drug-likeness (QED) is 0.538. The molecule has 0 aromatic carbocycles. The van der Waals surface area contributed by atoms with Gasteiger partial charge in [0.05, 0.1) is 0 Å². The highest BCUT2D eigenvalue weighted by Crippen LogP contribution is 2.30. The van der Waals surface area contributed by atoms with Crippen molar-refractivity contribution in [2.75, 3.05) is 26.7 Å². The van der Waals surface area contributed by atoms with Crippen LogP contribution in [0.1, 0.15) is 6.42 Å². The molecule has 4 nitrogen and oxygen atoms in total. The van der Waals surface area contributed by atoms with Crippen LogP contribution in [0.5, 0.6) is 0 Å². The number of hydrogen-bond donors (Lipinski definition) is 2. The minimum absolute atomic E-state index is 0.0133. The molecule has 0 spiro atoms. The van der Waals surface area contributed by atoms with Crippen LogP contribution in [0.15, 0.2) is 0 Å². The summed E-state index contributed by atoms with van der Waals surface area (Å²) in [4.78, 5) is 12.8. The maximum absolute atomic E-state index is 10.6. The van der Waals surface area contributed by atoms with Crippen LogP contribution < -0.4 is 11.5 Å². The van der Waals surface area contributed by atoms with Crippen LogP contribution in [-0.4, -0.2) is 37.5 Å². The lowest BCUT2D eigenvalue weighted by Gasteiger charge is -2.47. The fourth-order valence-corrected chi connectivity index (χ4v) is 1.78. The summed E-state index contributed by atoms with van der Waals surface area (Å²) < 4.78 is 0. The summed E-state index contributed by atoms with van der Waals surface area (Å²) in [6, 6.07) is 0. The Bertz CT molecular complexity index is 163. The number of amides is 1. The van der Waals surface area contributed by atoms with Gasteiger partial charge in [0.2, 0.25) is 5.91 Å². The standard InChI is InChI=1S/C7H15N3O/c1-10-4-7(3-8,5-10)2-6(9)11/h2-5,8H2,1H3,(H2,9,11). The lowest BCUT2D eigenvalue weighted by Crippen LogP contribution is -2.59. The number of hydrogen-bond acceptors (Lipinski definition) is 3. The molecular formula is C7H15N3O. The lowest BCUT2D eigenvalue weighted by molar-refractivity contribution is -0.123. The van der Waals surface area contributed by atoms with Crippen LogP contribution in [0, 0.1) is 5.41 Å². The Morgan fingerprint density at radius 1 is 1.64 bits per heavy atom. The van der Waals surface area contributed by atoms with Gasteiger partial charge in [0.1, 0.15) is 0 Å². The molecule has 0 bridgehead atoms. The third kappa shape index (κ3) is 1.70. The molecule has 11 heavy (non-hydrogen) atoms. The molecule has 0 saturated carbocycles. The van der Waals surface area contributed by atoms with Crippen molar-refractivity contribution >= 4 is 5.91 Å². The minimum Gasteiger partial charge on any atom is -0.370 e. The fraction of sp³-hybridized carbons (Fsp3) is 0.857. The van der Waals surface area contributed by atoms with Gasteiger partial charge in [0, 0.05) is 31.5 Å². The molecule has 0 radical (unpaired) electrons. The van der Waals surface area contributed by atoms with Crippen molar-refractivity contribution in [3.05, 3.63) is 0 Å². The number of nitrogens with two attached hydrogens (primary N) is 2. The second-order valence-corrected chi connectivity index (χ2v) is 3.52. The first kappa shape index (κ1) is 8.49. The predicted octanol–water partition coefficient (Wildman–Crippen LogP) is -1.25. The summed E-state index contributed by atoms with van der Waals surface area (Å²) in [7, 11) is 2.01. The highest BCUT2D eigenvalue weighted by atomic mass is 16.1. The zero-order valence-corrected chi connectivity index (χ0v) is 6.84. The zero-order chi connectivity index (χ0) is 8.48. The smallest absolute Gasteiger partial charge is 0.218 e. The Kier molecular flexibility index (Phi) is 2.15. The van der Waals surface area contributed by atoms with Crippen LogP contribution >= 0.6 is 0 Å². The molecule has 1 fully saturated rings. The number of carbonyl (C=O) groups excluding carboxylic acids is 1. The molecule has 0 atom stereocenters. The molecule has 0 aromatic rings. The van der Waals surface area contributed by atoms with E-state index in [1.54, 1.807) is 0 Å². The summed E-state index contributed by atoms with van der Waals surface area (Å²) in [5.41, 5.74) is 10.6. The van der Waals surface area contributed by atoms with Crippen molar-refractivity contribution < 1.29 is 4.79 Å². The molecule has 0 aliphatic carbocycles. The first-order valence-corrected chi connectivity index (χ1v) is 3.75. The zero-order valence-electron chi connectivity index (χ0n) is 6.84. The average Bonchev–Trinajstić information content (AvgIpc) is 1.82. The molecule has 0 unspecified atom stereocenters. The molecule has 1 rings (SSSR count). The average molecular weight is 157 g/mol. The van der Waals surface area contributed by atoms with Crippen molar-refractivity contribution in [2.45, 2.75) is 6.42 Å². The number of carbonyl (C=O) groups is 1. The first-order chi connectivity index (χ1) is 5.08. The van der Waals surface area contributed by atoms with Crippen LogP contribution in [0.25, 0.3) is 0 Å². The van der Waals surface area contributed by atoms with E-state index in [1.807, 2.05) is 7.05 Å². The molecule has 0 aromatic heterocycles. The topological polar surface area (TPSA) is 72.3 Å². The van der Waals surface area contributed by atoms with Gasteiger partial charge < -0.3 is 16.4 Å². The van der Waals surface area contributed by atoms with Crippen LogP contribution in [0.3, 0.4) is 0 Å². The summed E-state index contributed by atoms with van der Waals surface area (Å²) in [6.45, 7) is 2.35. The van der Waals surface area contributed by atoms with Crippen LogP contribution in [0.4, 0.5) is 0 Å². The number of nitrogens with zero attached hydrogens (tertiary/aromatic N) is 1. The molecule has 1 saturated heterocycles. The van der Waals surface area contributed by atoms with Gasteiger partial charge >= 0.3 is 0 Å². The number of primary amides is 1. The van der Waals surface area contributed by atoms with Crippen molar-refractivity contribution in [2.24, 2.45) is 16.9 Å². The molecule has 4 heteroatoms. The second kappa shape index (κ2) is 2.79. The van der Waals surface area contributed by atoms with E-state index in [0.29, 0.717) is 13.0 Å². The predicted molar refractivity (Wildman–Crippen MR) is 42.8 cm³/mol.